The molecule has 3 amide bonds. The van der Waals surface area contributed by atoms with E-state index in [9.17, 15) is 14.4 Å². The van der Waals surface area contributed by atoms with E-state index < -0.39 is 17.1 Å². The Morgan fingerprint density at radius 2 is 1.29 bits per heavy atom. The van der Waals surface area contributed by atoms with Crippen molar-refractivity contribution in [3.05, 3.63) is 185 Å². The van der Waals surface area contributed by atoms with Gasteiger partial charge in [-0.15, -0.1) is 23.1 Å². The number of benzene rings is 6. The van der Waals surface area contributed by atoms with Crippen LogP contribution in [0.15, 0.2) is 174 Å². The summed E-state index contributed by atoms with van der Waals surface area (Å²) in [5, 5.41) is 10.5. The molecule has 7 aromatic rings. The zero-order valence-corrected chi connectivity index (χ0v) is 33.2. The fourth-order valence-electron chi connectivity index (χ4n) is 5.99. The first-order chi connectivity index (χ1) is 28.4. The Morgan fingerprint density at radius 3 is 1.97 bits per heavy atom. The summed E-state index contributed by atoms with van der Waals surface area (Å²) in [6.45, 7) is 0. The molecule has 0 saturated heterocycles. The van der Waals surface area contributed by atoms with E-state index >= 15 is 0 Å². The molecule has 1 unspecified atom stereocenters. The number of nitrogens with one attached hydrogen (secondary N) is 3. The molecule has 1 atom stereocenters. The Bertz CT molecular complexity index is 2530. The van der Waals surface area contributed by atoms with E-state index in [1.54, 1.807) is 56.7 Å². The number of nitrogens with zero attached hydrogens (tertiary/aromatic N) is 1. The van der Waals surface area contributed by atoms with Crippen LogP contribution >= 0.6 is 23.1 Å². The van der Waals surface area contributed by atoms with E-state index in [0.29, 0.717) is 33.6 Å². The lowest BCUT2D eigenvalue weighted by atomic mass is 10.0. The molecular weight excluding hydrogens is 765 g/mol. The van der Waals surface area contributed by atoms with E-state index in [1.807, 2.05) is 127 Å². The lowest BCUT2D eigenvalue weighted by molar-refractivity contribution is -0.116. The Labute approximate surface area is 344 Å². The molecular formula is C47H38N4O5S2. The standard InChI is InChI=1S/C47H38N4O5S2/c1-55-41-27-22-36(29-42(41)56-2)40-30-57-47(50-40)51-46(54)43(34-14-8-4-9-15-34)58-38-25-23-37(24-26-38)48-45(53)39(49-44(52)35-16-10-5-11-17-35)28-31-18-20-33(21-19-31)32-12-6-3-7-13-32/h3-30,43H,1-2H3,(H,48,53)(H,49,52)(H,50,51,54)/b39-28-. The number of hydrogen-bond acceptors (Lipinski definition) is 8. The van der Waals surface area contributed by atoms with Crippen molar-refractivity contribution in [3.8, 4) is 33.9 Å². The first-order valence-electron chi connectivity index (χ1n) is 18.2. The highest BCUT2D eigenvalue weighted by molar-refractivity contribution is 8.00. The summed E-state index contributed by atoms with van der Waals surface area (Å²) in [5.41, 5.74) is 6.21. The normalized spacial score (nSPS) is 11.6. The number of ether oxygens (including phenoxy) is 2. The Hall–Kier alpha value is -6.95. The molecule has 9 nitrogen and oxygen atoms in total. The van der Waals surface area contributed by atoms with Gasteiger partial charge in [-0.05, 0) is 82.9 Å². The molecule has 6 aromatic carbocycles. The second-order valence-corrected chi connectivity index (χ2v) is 14.9. The van der Waals surface area contributed by atoms with Crippen LogP contribution in [0.1, 0.15) is 26.7 Å². The molecule has 7 rings (SSSR count). The van der Waals surface area contributed by atoms with Crippen molar-refractivity contribution in [3.63, 3.8) is 0 Å². The van der Waals surface area contributed by atoms with Crippen LogP contribution in [0.2, 0.25) is 0 Å². The second kappa shape index (κ2) is 18.8. The molecule has 0 aliphatic carbocycles. The van der Waals surface area contributed by atoms with E-state index in [-0.39, 0.29) is 11.6 Å². The van der Waals surface area contributed by atoms with Crippen molar-refractivity contribution in [1.82, 2.24) is 10.3 Å². The van der Waals surface area contributed by atoms with Crippen molar-refractivity contribution >= 4 is 57.7 Å². The fourth-order valence-corrected chi connectivity index (χ4v) is 7.74. The molecule has 0 saturated carbocycles. The molecule has 58 heavy (non-hydrogen) atoms. The fraction of sp³-hybridized carbons (Fsp3) is 0.0638. The van der Waals surface area contributed by atoms with Gasteiger partial charge in [0.25, 0.3) is 11.8 Å². The number of hydrogen-bond donors (Lipinski definition) is 3. The average Bonchev–Trinajstić information content (AvgIpc) is 3.75. The summed E-state index contributed by atoms with van der Waals surface area (Å²) >= 11 is 2.71. The maximum atomic E-state index is 13.9. The number of carbonyl (C=O) groups is 3. The van der Waals surface area contributed by atoms with Gasteiger partial charge in [0.2, 0.25) is 5.91 Å². The molecule has 3 N–H and O–H groups in total. The average molecular weight is 803 g/mol. The van der Waals surface area contributed by atoms with Gasteiger partial charge in [-0.25, -0.2) is 4.98 Å². The van der Waals surface area contributed by atoms with Gasteiger partial charge in [0.05, 0.1) is 19.9 Å². The summed E-state index contributed by atoms with van der Waals surface area (Å²) in [6.07, 6.45) is 1.65. The minimum Gasteiger partial charge on any atom is -0.493 e. The number of aromatic nitrogens is 1. The molecule has 11 heteroatoms. The molecule has 0 spiro atoms. The van der Waals surface area contributed by atoms with Crippen molar-refractivity contribution in [1.29, 1.82) is 0 Å². The van der Waals surface area contributed by atoms with Crippen LogP contribution in [-0.2, 0) is 9.59 Å². The number of methoxy groups -OCH3 is 2. The van der Waals surface area contributed by atoms with Gasteiger partial charge in [0.1, 0.15) is 10.9 Å². The third-order valence-corrected chi connectivity index (χ3v) is 11.0. The first-order valence-corrected chi connectivity index (χ1v) is 20.0. The lowest BCUT2D eigenvalue weighted by Gasteiger charge is -2.17. The van der Waals surface area contributed by atoms with Crippen LogP contribution in [0.4, 0.5) is 10.8 Å². The Kier molecular flexibility index (Phi) is 12.7. The summed E-state index contributed by atoms with van der Waals surface area (Å²) < 4.78 is 10.8. The van der Waals surface area contributed by atoms with Crippen LogP contribution < -0.4 is 25.4 Å². The third kappa shape index (κ3) is 9.88. The van der Waals surface area contributed by atoms with Crippen LogP contribution in [0, 0.1) is 0 Å². The number of thioether (sulfide) groups is 1. The maximum Gasteiger partial charge on any atom is 0.272 e. The molecule has 0 aliphatic heterocycles. The molecule has 0 radical (unpaired) electrons. The number of amides is 3. The zero-order chi connectivity index (χ0) is 40.3. The highest BCUT2D eigenvalue weighted by Crippen LogP contribution is 2.38. The Balaban J connectivity index is 1.06. The first kappa shape index (κ1) is 39.3. The largest absolute Gasteiger partial charge is 0.493 e. The van der Waals surface area contributed by atoms with E-state index in [2.05, 4.69) is 20.9 Å². The van der Waals surface area contributed by atoms with Crippen LogP contribution in [0.5, 0.6) is 11.5 Å². The van der Waals surface area contributed by atoms with E-state index in [1.165, 1.54) is 23.1 Å². The topological polar surface area (TPSA) is 119 Å². The van der Waals surface area contributed by atoms with E-state index in [0.717, 1.165) is 32.7 Å². The molecule has 0 fully saturated rings. The SMILES string of the molecule is COc1ccc(-c2csc(NC(=O)C(Sc3ccc(NC(=O)/C(=C/c4ccc(-c5ccccc5)cc4)NC(=O)c4ccccc4)cc3)c3ccccc3)n2)cc1OC. The zero-order valence-electron chi connectivity index (χ0n) is 31.5. The molecule has 1 aromatic heterocycles. The van der Waals surface area contributed by atoms with Gasteiger partial charge < -0.3 is 25.4 Å². The summed E-state index contributed by atoms with van der Waals surface area (Å²) in [4.78, 5) is 46.3. The number of thiazole rings is 1. The highest BCUT2D eigenvalue weighted by Gasteiger charge is 2.24. The predicted octanol–water partition coefficient (Wildman–Crippen LogP) is 10.4. The molecule has 1 heterocycles. The predicted molar refractivity (Wildman–Crippen MR) is 233 cm³/mol. The monoisotopic (exact) mass is 802 g/mol. The maximum absolute atomic E-state index is 13.9. The smallest absolute Gasteiger partial charge is 0.272 e. The quantitative estimate of drug-likeness (QED) is 0.0740. The number of anilines is 2. The van der Waals surface area contributed by atoms with Gasteiger partial charge in [0.15, 0.2) is 16.6 Å². The molecule has 288 valence electrons. The van der Waals surface area contributed by atoms with Crippen molar-refractivity contribution in [2.45, 2.75) is 10.1 Å². The van der Waals surface area contributed by atoms with Crippen molar-refractivity contribution in [2.75, 3.05) is 24.9 Å². The summed E-state index contributed by atoms with van der Waals surface area (Å²) in [5.74, 6) is 0.0659. The van der Waals surface area contributed by atoms with Crippen molar-refractivity contribution in [2.24, 2.45) is 0 Å². The van der Waals surface area contributed by atoms with Gasteiger partial charge in [-0.1, -0.05) is 103 Å². The van der Waals surface area contributed by atoms with Gasteiger partial charge in [0, 0.05) is 27.1 Å². The molecule has 0 bridgehead atoms. The summed E-state index contributed by atoms with van der Waals surface area (Å²) in [6, 6.07) is 48.8. The van der Waals surface area contributed by atoms with Gasteiger partial charge in [-0.3, -0.25) is 14.4 Å². The number of rotatable bonds is 14. The van der Waals surface area contributed by atoms with Crippen LogP contribution in [-0.4, -0.2) is 36.9 Å². The lowest BCUT2D eigenvalue weighted by Crippen LogP contribution is -2.30. The highest BCUT2D eigenvalue weighted by atomic mass is 32.2. The van der Waals surface area contributed by atoms with E-state index in [4.69, 9.17) is 9.47 Å². The minimum absolute atomic E-state index is 0.0806. The van der Waals surface area contributed by atoms with Crippen LogP contribution in [0.25, 0.3) is 28.5 Å². The van der Waals surface area contributed by atoms with Crippen molar-refractivity contribution < 1.29 is 23.9 Å². The second-order valence-electron chi connectivity index (χ2n) is 12.9. The van der Waals surface area contributed by atoms with Gasteiger partial charge >= 0.3 is 0 Å². The molecule has 0 aliphatic rings. The summed E-state index contributed by atoms with van der Waals surface area (Å²) in [7, 11) is 3.16. The third-order valence-electron chi connectivity index (χ3n) is 8.98. The van der Waals surface area contributed by atoms with Crippen LogP contribution in [0.3, 0.4) is 0 Å². The van der Waals surface area contributed by atoms with Gasteiger partial charge in [-0.2, -0.15) is 0 Å². The Morgan fingerprint density at radius 1 is 0.672 bits per heavy atom. The number of carbonyl (C=O) groups excluding carboxylic acids is 3. The minimum atomic E-state index is -0.605.